The Hall–Kier alpha value is -0.570. The van der Waals surface area contributed by atoms with Gasteiger partial charge in [0, 0.05) is 18.1 Å². The van der Waals surface area contributed by atoms with Gasteiger partial charge in [-0.15, -0.1) is 0 Å². The Labute approximate surface area is 66.5 Å². The summed E-state index contributed by atoms with van der Waals surface area (Å²) in [5, 5.41) is 0. The third kappa shape index (κ3) is 1.03. The van der Waals surface area contributed by atoms with Crippen LogP contribution in [0.25, 0.3) is 0 Å². The van der Waals surface area contributed by atoms with Gasteiger partial charge in [-0.05, 0) is 25.7 Å². The fourth-order valence-corrected chi connectivity index (χ4v) is 2.43. The van der Waals surface area contributed by atoms with Gasteiger partial charge in [0.05, 0.1) is 0 Å². The van der Waals surface area contributed by atoms with Crippen molar-refractivity contribution in [1.29, 1.82) is 0 Å². The maximum Gasteiger partial charge on any atom is 0.210 e. The summed E-state index contributed by atoms with van der Waals surface area (Å²) in [4.78, 5) is 12.6. The maximum atomic E-state index is 10.6. The third-order valence-corrected chi connectivity index (χ3v) is 2.95. The van der Waals surface area contributed by atoms with Crippen LogP contribution >= 0.6 is 0 Å². The van der Waals surface area contributed by atoms with E-state index in [-0.39, 0.29) is 0 Å². The number of fused-ring (bicyclic) bond motifs is 2. The Kier molecular flexibility index (Phi) is 1.60. The summed E-state index contributed by atoms with van der Waals surface area (Å²) < 4.78 is 0. The molecule has 2 fully saturated rings. The molecule has 0 aromatic rings. The molecule has 2 saturated heterocycles. The smallest absolute Gasteiger partial charge is 0.210 e. The van der Waals surface area contributed by atoms with Crippen LogP contribution in [0, 0.1) is 0 Å². The minimum atomic E-state index is 0.337. The summed E-state index contributed by atoms with van der Waals surface area (Å²) in [5.74, 6) is 0. The van der Waals surface area contributed by atoms with Crippen molar-refractivity contribution in [3.05, 3.63) is 0 Å². The highest BCUT2D eigenvalue weighted by molar-refractivity contribution is 5.49. The minimum Gasteiger partial charge on any atom is -0.339 e. The maximum absolute atomic E-state index is 10.6. The number of amides is 1. The summed E-state index contributed by atoms with van der Waals surface area (Å²) >= 11 is 0. The van der Waals surface area contributed by atoms with Crippen LogP contribution in [0.3, 0.4) is 0 Å². The average molecular weight is 154 g/mol. The zero-order valence-corrected chi connectivity index (χ0v) is 6.57. The SMILES string of the molecule is NC1CC2CCC(C1)N2C=O. The van der Waals surface area contributed by atoms with Gasteiger partial charge in [-0.2, -0.15) is 0 Å². The molecule has 2 unspecified atom stereocenters. The van der Waals surface area contributed by atoms with Gasteiger partial charge in [-0.25, -0.2) is 0 Å². The van der Waals surface area contributed by atoms with E-state index in [1.165, 1.54) is 0 Å². The Morgan fingerprint density at radius 3 is 2.27 bits per heavy atom. The highest BCUT2D eigenvalue weighted by Crippen LogP contribution is 2.33. The Morgan fingerprint density at radius 2 is 1.82 bits per heavy atom. The molecule has 0 aromatic heterocycles. The lowest BCUT2D eigenvalue weighted by molar-refractivity contribution is -0.122. The van der Waals surface area contributed by atoms with Crippen LogP contribution in [0.15, 0.2) is 0 Å². The first-order valence-electron chi connectivity index (χ1n) is 4.29. The number of rotatable bonds is 1. The van der Waals surface area contributed by atoms with Crippen LogP contribution in [0.2, 0.25) is 0 Å². The molecule has 0 saturated carbocycles. The number of carbonyl (C=O) groups is 1. The van der Waals surface area contributed by atoms with Gasteiger partial charge in [0.2, 0.25) is 6.41 Å². The zero-order valence-electron chi connectivity index (χ0n) is 6.57. The molecule has 2 bridgehead atoms. The lowest BCUT2D eigenvalue weighted by Gasteiger charge is -2.34. The molecule has 3 nitrogen and oxygen atoms in total. The average Bonchev–Trinajstić information content (AvgIpc) is 2.23. The number of hydrogen-bond acceptors (Lipinski definition) is 2. The van der Waals surface area contributed by atoms with E-state index in [9.17, 15) is 4.79 Å². The van der Waals surface area contributed by atoms with Gasteiger partial charge in [0.1, 0.15) is 0 Å². The second kappa shape index (κ2) is 2.48. The van der Waals surface area contributed by atoms with Crippen molar-refractivity contribution in [1.82, 2.24) is 4.90 Å². The van der Waals surface area contributed by atoms with Crippen molar-refractivity contribution in [2.75, 3.05) is 0 Å². The second-order valence-electron chi connectivity index (χ2n) is 3.67. The molecule has 0 aromatic carbocycles. The molecule has 2 atom stereocenters. The largest absolute Gasteiger partial charge is 0.339 e. The van der Waals surface area contributed by atoms with Gasteiger partial charge in [0.25, 0.3) is 0 Å². The molecular formula is C8H14N2O. The van der Waals surface area contributed by atoms with Gasteiger partial charge in [0.15, 0.2) is 0 Å². The van der Waals surface area contributed by atoms with Crippen LogP contribution in [-0.4, -0.2) is 29.4 Å². The van der Waals surface area contributed by atoms with E-state index in [4.69, 9.17) is 5.73 Å². The van der Waals surface area contributed by atoms with Gasteiger partial charge in [-0.1, -0.05) is 0 Å². The van der Waals surface area contributed by atoms with Crippen LogP contribution in [-0.2, 0) is 4.79 Å². The van der Waals surface area contributed by atoms with Crippen molar-refractivity contribution in [3.63, 3.8) is 0 Å². The molecule has 2 aliphatic rings. The lowest BCUT2D eigenvalue weighted by atomic mass is 9.99. The third-order valence-electron chi connectivity index (χ3n) is 2.95. The van der Waals surface area contributed by atoms with Crippen LogP contribution in [0.1, 0.15) is 25.7 Å². The summed E-state index contributed by atoms with van der Waals surface area (Å²) in [6, 6.07) is 1.26. The van der Waals surface area contributed by atoms with Crippen LogP contribution in [0.4, 0.5) is 0 Å². The van der Waals surface area contributed by atoms with Crippen molar-refractivity contribution in [3.8, 4) is 0 Å². The summed E-state index contributed by atoms with van der Waals surface area (Å²) in [6.07, 6.45) is 5.34. The molecular weight excluding hydrogens is 140 g/mol. The first-order chi connectivity index (χ1) is 5.31. The van der Waals surface area contributed by atoms with Crippen molar-refractivity contribution >= 4 is 6.41 Å². The predicted octanol–water partition coefficient (Wildman–Crippen LogP) is 0.0969. The summed E-state index contributed by atoms with van der Waals surface area (Å²) in [6.45, 7) is 0. The zero-order chi connectivity index (χ0) is 7.84. The van der Waals surface area contributed by atoms with E-state index in [0.29, 0.717) is 18.1 Å². The van der Waals surface area contributed by atoms with Crippen molar-refractivity contribution < 1.29 is 4.79 Å². The minimum absolute atomic E-state index is 0.337. The number of hydrogen-bond donors (Lipinski definition) is 1. The standard InChI is InChI=1S/C8H14N2O/c9-6-3-7-1-2-8(4-6)10(7)5-11/h5-8H,1-4,9H2. The van der Waals surface area contributed by atoms with E-state index in [1.807, 2.05) is 4.90 Å². The number of nitrogens with zero attached hydrogens (tertiary/aromatic N) is 1. The quantitative estimate of drug-likeness (QED) is 0.544. The molecule has 2 rings (SSSR count). The summed E-state index contributed by atoms with van der Waals surface area (Å²) in [7, 11) is 0. The number of carbonyl (C=O) groups excluding carboxylic acids is 1. The molecule has 2 aliphatic heterocycles. The highest BCUT2D eigenvalue weighted by Gasteiger charge is 2.38. The van der Waals surface area contributed by atoms with E-state index in [2.05, 4.69) is 0 Å². The number of piperidine rings is 1. The van der Waals surface area contributed by atoms with Crippen molar-refractivity contribution in [2.24, 2.45) is 5.73 Å². The van der Waals surface area contributed by atoms with E-state index in [0.717, 1.165) is 32.1 Å². The first-order valence-corrected chi connectivity index (χ1v) is 4.29. The molecule has 0 radical (unpaired) electrons. The predicted molar refractivity (Wildman–Crippen MR) is 41.9 cm³/mol. The molecule has 1 amide bonds. The Balaban J connectivity index is 2.12. The van der Waals surface area contributed by atoms with Gasteiger partial charge >= 0.3 is 0 Å². The van der Waals surface area contributed by atoms with Gasteiger partial charge < -0.3 is 10.6 Å². The Morgan fingerprint density at radius 1 is 1.27 bits per heavy atom. The van der Waals surface area contributed by atoms with Gasteiger partial charge in [-0.3, -0.25) is 4.79 Å². The second-order valence-corrected chi connectivity index (χ2v) is 3.67. The lowest BCUT2D eigenvalue weighted by Crippen LogP contribution is -2.46. The molecule has 0 aliphatic carbocycles. The fourth-order valence-electron chi connectivity index (χ4n) is 2.43. The Bertz CT molecular complexity index is 157. The first kappa shape index (κ1) is 7.10. The van der Waals surface area contributed by atoms with Crippen LogP contribution in [0.5, 0.6) is 0 Å². The van der Waals surface area contributed by atoms with Crippen LogP contribution < -0.4 is 5.73 Å². The van der Waals surface area contributed by atoms with E-state index >= 15 is 0 Å². The molecule has 3 heteroatoms. The monoisotopic (exact) mass is 154 g/mol. The number of nitrogens with two attached hydrogens (primary N) is 1. The molecule has 2 heterocycles. The van der Waals surface area contributed by atoms with E-state index < -0.39 is 0 Å². The summed E-state index contributed by atoms with van der Waals surface area (Å²) in [5.41, 5.74) is 5.83. The molecule has 0 spiro atoms. The fraction of sp³-hybridized carbons (Fsp3) is 0.875. The van der Waals surface area contributed by atoms with E-state index in [1.54, 1.807) is 0 Å². The molecule has 2 N–H and O–H groups in total. The normalized spacial score (nSPS) is 42.6. The molecule has 11 heavy (non-hydrogen) atoms. The molecule has 62 valence electrons. The highest BCUT2D eigenvalue weighted by atomic mass is 16.1. The topological polar surface area (TPSA) is 46.3 Å². The van der Waals surface area contributed by atoms with Crippen molar-refractivity contribution in [2.45, 2.75) is 43.8 Å².